The summed E-state index contributed by atoms with van der Waals surface area (Å²) in [6.45, 7) is 3.52. The number of benzene rings is 1. The minimum Gasteiger partial charge on any atom is -0.338 e. The lowest BCUT2D eigenvalue weighted by molar-refractivity contribution is 0.368. The Kier molecular flexibility index (Phi) is 3.82. The van der Waals surface area contributed by atoms with E-state index in [-0.39, 0.29) is 5.82 Å². The second-order valence-corrected chi connectivity index (χ2v) is 3.70. The number of hydrogen-bond acceptors (Lipinski definition) is 4. The van der Waals surface area contributed by atoms with E-state index in [1.165, 1.54) is 12.1 Å². The molecule has 0 aliphatic heterocycles. The number of hydrogen-bond donors (Lipinski definition) is 1. The summed E-state index contributed by atoms with van der Waals surface area (Å²) in [7, 11) is 0. The van der Waals surface area contributed by atoms with Gasteiger partial charge in [0.2, 0.25) is 11.7 Å². The van der Waals surface area contributed by atoms with Crippen molar-refractivity contribution in [1.29, 1.82) is 0 Å². The monoisotopic (exact) mass is 235 g/mol. The van der Waals surface area contributed by atoms with Crippen LogP contribution in [0.1, 0.15) is 19.2 Å². The molecule has 90 valence electrons. The number of nitrogens with one attached hydrogen (secondary N) is 1. The molecule has 1 heterocycles. The van der Waals surface area contributed by atoms with Crippen molar-refractivity contribution in [1.82, 2.24) is 15.5 Å². The first-order valence-electron chi connectivity index (χ1n) is 5.59. The van der Waals surface area contributed by atoms with E-state index in [0.717, 1.165) is 13.0 Å². The predicted molar refractivity (Wildman–Crippen MR) is 61.7 cm³/mol. The van der Waals surface area contributed by atoms with Gasteiger partial charge in [0.25, 0.3) is 0 Å². The van der Waals surface area contributed by atoms with Gasteiger partial charge < -0.3 is 9.84 Å². The Hall–Kier alpha value is -1.75. The molecule has 0 unspecified atom stereocenters. The van der Waals surface area contributed by atoms with Gasteiger partial charge in [0.15, 0.2) is 0 Å². The molecule has 0 saturated heterocycles. The van der Waals surface area contributed by atoms with Crippen molar-refractivity contribution < 1.29 is 8.91 Å². The van der Waals surface area contributed by atoms with Crippen LogP contribution in [0.4, 0.5) is 4.39 Å². The van der Waals surface area contributed by atoms with E-state index in [2.05, 4.69) is 22.4 Å². The maximum absolute atomic E-state index is 13.0. The first-order valence-corrected chi connectivity index (χ1v) is 5.59. The van der Waals surface area contributed by atoms with Gasteiger partial charge in [-0.3, -0.25) is 0 Å². The predicted octanol–water partition coefficient (Wildman–Crippen LogP) is 2.38. The SMILES string of the molecule is CCCNCc1nc(-c2cccc(F)c2)no1. The van der Waals surface area contributed by atoms with E-state index in [1.54, 1.807) is 12.1 Å². The highest BCUT2D eigenvalue weighted by Gasteiger charge is 2.08. The van der Waals surface area contributed by atoms with Gasteiger partial charge in [-0.2, -0.15) is 4.98 Å². The van der Waals surface area contributed by atoms with Crippen LogP contribution < -0.4 is 5.32 Å². The van der Waals surface area contributed by atoms with Crippen molar-refractivity contribution in [3.8, 4) is 11.4 Å². The highest BCUT2D eigenvalue weighted by atomic mass is 19.1. The normalized spacial score (nSPS) is 10.7. The fourth-order valence-corrected chi connectivity index (χ4v) is 1.44. The maximum Gasteiger partial charge on any atom is 0.240 e. The third-order valence-electron chi connectivity index (χ3n) is 2.25. The number of aromatic nitrogens is 2. The summed E-state index contributed by atoms with van der Waals surface area (Å²) in [5.41, 5.74) is 0.621. The van der Waals surface area contributed by atoms with Gasteiger partial charge in [0, 0.05) is 5.56 Å². The van der Waals surface area contributed by atoms with Crippen LogP contribution in [0.2, 0.25) is 0 Å². The zero-order valence-corrected chi connectivity index (χ0v) is 9.61. The molecular weight excluding hydrogens is 221 g/mol. The lowest BCUT2D eigenvalue weighted by Crippen LogP contribution is -2.13. The Morgan fingerprint density at radius 2 is 2.29 bits per heavy atom. The zero-order chi connectivity index (χ0) is 12.1. The maximum atomic E-state index is 13.0. The molecule has 0 atom stereocenters. The van der Waals surface area contributed by atoms with Gasteiger partial charge in [-0.05, 0) is 25.1 Å². The first-order chi connectivity index (χ1) is 8.29. The van der Waals surface area contributed by atoms with Crippen LogP contribution in [0.15, 0.2) is 28.8 Å². The molecule has 1 N–H and O–H groups in total. The standard InChI is InChI=1S/C12H14FN3O/c1-2-6-14-8-11-15-12(16-17-11)9-4-3-5-10(13)7-9/h3-5,7,14H,2,6,8H2,1H3. The number of halogens is 1. The minimum atomic E-state index is -0.307. The molecule has 0 bridgehead atoms. The topological polar surface area (TPSA) is 51.0 Å². The third-order valence-corrected chi connectivity index (χ3v) is 2.25. The Morgan fingerprint density at radius 3 is 3.06 bits per heavy atom. The highest BCUT2D eigenvalue weighted by Crippen LogP contribution is 2.16. The third kappa shape index (κ3) is 3.10. The number of rotatable bonds is 5. The van der Waals surface area contributed by atoms with Crippen LogP contribution in [-0.4, -0.2) is 16.7 Å². The Bertz CT molecular complexity index is 484. The van der Waals surface area contributed by atoms with E-state index in [0.29, 0.717) is 23.8 Å². The molecule has 0 radical (unpaired) electrons. The molecule has 0 spiro atoms. The second-order valence-electron chi connectivity index (χ2n) is 3.70. The first kappa shape index (κ1) is 11.7. The van der Waals surface area contributed by atoms with E-state index < -0.39 is 0 Å². The fraction of sp³-hybridized carbons (Fsp3) is 0.333. The average molecular weight is 235 g/mol. The van der Waals surface area contributed by atoms with Gasteiger partial charge in [-0.1, -0.05) is 24.2 Å². The molecule has 2 aromatic rings. The summed E-state index contributed by atoms with van der Waals surface area (Å²) >= 11 is 0. The second kappa shape index (κ2) is 5.54. The summed E-state index contributed by atoms with van der Waals surface area (Å²) in [6.07, 6.45) is 1.05. The molecular formula is C12H14FN3O. The summed E-state index contributed by atoms with van der Waals surface area (Å²) in [6, 6.07) is 6.13. The molecule has 0 fully saturated rings. The van der Waals surface area contributed by atoms with Crippen molar-refractivity contribution in [3.63, 3.8) is 0 Å². The average Bonchev–Trinajstić information content (AvgIpc) is 2.78. The smallest absolute Gasteiger partial charge is 0.240 e. The molecule has 0 amide bonds. The molecule has 2 rings (SSSR count). The fourth-order valence-electron chi connectivity index (χ4n) is 1.44. The van der Waals surface area contributed by atoms with Gasteiger partial charge in [0.1, 0.15) is 5.82 Å². The van der Waals surface area contributed by atoms with Crippen LogP contribution in [0.5, 0.6) is 0 Å². The van der Waals surface area contributed by atoms with Crippen molar-refractivity contribution in [2.45, 2.75) is 19.9 Å². The Balaban J connectivity index is 2.07. The van der Waals surface area contributed by atoms with Crippen LogP contribution in [0.25, 0.3) is 11.4 Å². The minimum absolute atomic E-state index is 0.307. The molecule has 1 aromatic carbocycles. The Labute approximate surface area is 98.8 Å². The van der Waals surface area contributed by atoms with E-state index >= 15 is 0 Å². The lowest BCUT2D eigenvalue weighted by atomic mass is 10.2. The van der Waals surface area contributed by atoms with Gasteiger partial charge >= 0.3 is 0 Å². The number of nitrogens with zero attached hydrogens (tertiary/aromatic N) is 2. The van der Waals surface area contributed by atoms with Gasteiger partial charge in [0.05, 0.1) is 6.54 Å². The molecule has 4 nitrogen and oxygen atoms in total. The zero-order valence-electron chi connectivity index (χ0n) is 9.61. The highest BCUT2D eigenvalue weighted by molar-refractivity contribution is 5.53. The lowest BCUT2D eigenvalue weighted by Gasteiger charge is -1.96. The molecule has 0 saturated carbocycles. The molecule has 0 aliphatic carbocycles. The van der Waals surface area contributed by atoms with Crippen LogP contribution in [-0.2, 0) is 6.54 Å². The Morgan fingerprint density at radius 1 is 1.41 bits per heavy atom. The van der Waals surface area contributed by atoms with E-state index in [4.69, 9.17) is 4.52 Å². The largest absolute Gasteiger partial charge is 0.338 e. The summed E-state index contributed by atoms with van der Waals surface area (Å²) in [4.78, 5) is 4.19. The molecule has 17 heavy (non-hydrogen) atoms. The van der Waals surface area contributed by atoms with E-state index in [9.17, 15) is 4.39 Å². The van der Waals surface area contributed by atoms with Crippen molar-refractivity contribution in [2.24, 2.45) is 0 Å². The van der Waals surface area contributed by atoms with Crippen molar-refractivity contribution in [2.75, 3.05) is 6.54 Å². The van der Waals surface area contributed by atoms with Gasteiger partial charge in [-0.25, -0.2) is 4.39 Å². The van der Waals surface area contributed by atoms with Crippen molar-refractivity contribution in [3.05, 3.63) is 36.0 Å². The van der Waals surface area contributed by atoms with Crippen LogP contribution >= 0.6 is 0 Å². The van der Waals surface area contributed by atoms with Crippen LogP contribution in [0.3, 0.4) is 0 Å². The molecule has 0 aliphatic rings. The van der Waals surface area contributed by atoms with Gasteiger partial charge in [-0.15, -0.1) is 0 Å². The van der Waals surface area contributed by atoms with E-state index in [1.807, 2.05) is 0 Å². The summed E-state index contributed by atoms with van der Waals surface area (Å²) in [5.74, 6) is 0.619. The quantitative estimate of drug-likeness (QED) is 0.808. The molecule has 1 aromatic heterocycles. The van der Waals surface area contributed by atoms with Crippen LogP contribution in [0, 0.1) is 5.82 Å². The molecule has 5 heteroatoms. The summed E-state index contributed by atoms with van der Waals surface area (Å²) < 4.78 is 18.1. The summed E-state index contributed by atoms with van der Waals surface area (Å²) in [5, 5.41) is 6.97. The van der Waals surface area contributed by atoms with Crippen molar-refractivity contribution >= 4 is 0 Å².